The zero-order valence-corrected chi connectivity index (χ0v) is 13.5. The Morgan fingerprint density at radius 3 is 2.46 bits per heavy atom. The average molecular weight is 331 g/mol. The third-order valence-corrected chi connectivity index (χ3v) is 4.46. The second kappa shape index (κ2) is 6.22. The van der Waals surface area contributed by atoms with Crippen LogP contribution in [0.1, 0.15) is 5.56 Å². The zero-order valence-electron chi connectivity index (χ0n) is 12.6. The second-order valence-corrected chi connectivity index (χ2v) is 6.08. The van der Waals surface area contributed by atoms with Crippen molar-refractivity contribution in [3.8, 4) is 23.0 Å². The first kappa shape index (κ1) is 14.5. The highest BCUT2D eigenvalue weighted by molar-refractivity contribution is 7.17. The van der Waals surface area contributed by atoms with Gasteiger partial charge in [0.1, 0.15) is 10.4 Å². The number of benzene rings is 2. The standard InChI is InChI=1S/C19H13N3OS/c20-12-13-6-8-15(9-7-13)23-19-17-16(10-11-24-17)21-18(22-19)14-4-2-1-3-5-14/h1-12,20H. The second-order valence-electron chi connectivity index (χ2n) is 5.17. The van der Waals surface area contributed by atoms with Crippen molar-refractivity contribution in [1.82, 2.24) is 9.97 Å². The molecule has 4 aromatic rings. The van der Waals surface area contributed by atoms with Gasteiger partial charge in [0.25, 0.3) is 0 Å². The fourth-order valence-electron chi connectivity index (χ4n) is 2.37. The lowest BCUT2D eigenvalue weighted by molar-refractivity contribution is 0.470. The van der Waals surface area contributed by atoms with Crippen LogP contribution in [0.3, 0.4) is 0 Å². The van der Waals surface area contributed by atoms with E-state index in [1.165, 1.54) is 6.21 Å². The molecule has 5 heteroatoms. The highest BCUT2D eigenvalue weighted by Crippen LogP contribution is 2.33. The fourth-order valence-corrected chi connectivity index (χ4v) is 3.12. The number of aromatic nitrogens is 2. The van der Waals surface area contributed by atoms with Gasteiger partial charge < -0.3 is 10.1 Å². The molecule has 0 fully saturated rings. The van der Waals surface area contributed by atoms with Crippen LogP contribution in [0.15, 0.2) is 66.0 Å². The largest absolute Gasteiger partial charge is 0.437 e. The number of nitrogens with one attached hydrogen (secondary N) is 1. The van der Waals surface area contributed by atoms with E-state index in [2.05, 4.69) is 9.97 Å². The summed E-state index contributed by atoms with van der Waals surface area (Å²) in [5, 5.41) is 9.25. The van der Waals surface area contributed by atoms with Crippen molar-refractivity contribution >= 4 is 27.8 Å². The molecule has 0 aliphatic rings. The van der Waals surface area contributed by atoms with Crippen LogP contribution in [0.25, 0.3) is 21.6 Å². The van der Waals surface area contributed by atoms with E-state index in [0.717, 1.165) is 21.3 Å². The minimum absolute atomic E-state index is 0.552. The van der Waals surface area contributed by atoms with Gasteiger partial charge in [-0.2, -0.15) is 4.98 Å². The summed E-state index contributed by atoms with van der Waals surface area (Å²) in [6.45, 7) is 0. The van der Waals surface area contributed by atoms with E-state index in [1.807, 2.05) is 66.0 Å². The normalized spacial score (nSPS) is 10.7. The molecular formula is C19H13N3OS. The van der Waals surface area contributed by atoms with Crippen LogP contribution in [0, 0.1) is 5.41 Å². The van der Waals surface area contributed by atoms with Gasteiger partial charge in [0, 0.05) is 11.8 Å². The van der Waals surface area contributed by atoms with Gasteiger partial charge in [0.15, 0.2) is 5.82 Å². The maximum Gasteiger partial charge on any atom is 0.240 e. The van der Waals surface area contributed by atoms with Crippen molar-refractivity contribution in [2.24, 2.45) is 0 Å². The summed E-state index contributed by atoms with van der Waals surface area (Å²) in [6.07, 6.45) is 1.31. The molecule has 1 N–H and O–H groups in total. The van der Waals surface area contributed by atoms with Crippen molar-refractivity contribution < 1.29 is 4.74 Å². The van der Waals surface area contributed by atoms with E-state index in [0.29, 0.717) is 17.5 Å². The van der Waals surface area contributed by atoms with Gasteiger partial charge in [-0.05, 0) is 41.3 Å². The summed E-state index contributed by atoms with van der Waals surface area (Å²) < 4.78 is 6.92. The summed E-state index contributed by atoms with van der Waals surface area (Å²) in [5.41, 5.74) is 2.66. The Morgan fingerprint density at radius 2 is 1.71 bits per heavy atom. The molecule has 0 bridgehead atoms. The molecule has 2 heterocycles. The first-order valence-electron chi connectivity index (χ1n) is 7.42. The lowest BCUT2D eigenvalue weighted by atomic mass is 10.2. The molecule has 0 saturated carbocycles. The fraction of sp³-hybridized carbons (Fsp3) is 0. The molecule has 2 aromatic carbocycles. The predicted octanol–water partition coefficient (Wildman–Crippen LogP) is 5.15. The van der Waals surface area contributed by atoms with Gasteiger partial charge >= 0.3 is 0 Å². The Hall–Kier alpha value is -3.05. The zero-order chi connectivity index (χ0) is 16.4. The van der Waals surface area contributed by atoms with Crippen molar-refractivity contribution in [2.45, 2.75) is 0 Å². The van der Waals surface area contributed by atoms with Gasteiger partial charge in [-0.1, -0.05) is 30.3 Å². The van der Waals surface area contributed by atoms with Crippen LogP contribution in [0.4, 0.5) is 0 Å². The molecule has 4 rings (SSSR count). The van der Waals surface area contributed by atoms with E-state index in [4.69, 9.17) is 10.1 Å². The summed E-state index contributed by atoms with van der Waals surface area (Å²) >= 11 is 1.56. The lowest BCUT2D eigenvalue weighted by Crippen LogP contribution is -1.94. The van der Waals surface area contributed by atoms with E-state index < -0.39 is 0 Å². The summed E-state index contributed by atoms with van der Waals surface area (Å²) in [4.78, 5) is 9.24. The quantitative estimate of drug-likeness (QED) is 0.526. The molecule has 0 radical (unpaired) electrons. The number of hydrogen-bond acceptors (Lipinski definition) is 5. The van der Waals surface area contributed by atoms with Gasteiger partial charge in [0.05, 0.1) is 5.52 Å². The SMILES string of the molecule is N=Cc1ccc(Oc2nc(-c3ccccc3)nc3ccsc23)cc1. The minimum Gasteiger partial charge on any atom is -0.437 e. The molecule has 4 nitrogen and oxygen atoms in total. The highest BCUT2D eigenvalue weighted by atomic mass is 32.1. The Kier molecular flexibility index (Phi) is 3.76. The third-order valence-electron chi connectivity index (χ3n) is 3.57. The van der Waals surface area contributed by atoms with E-state index >= 15 is 0 Å². The van der Waals surface area contributed by atoms with Crippen LogP contribution in [-0.2, 0) is 0 Å². The molecule has 0 atom stereocenters. The number of thiophene rings is 1. The first-order chi connectivity index (χ1) is 11.8. The Labute approximate surface area is 142 Å². The number of rotatable bonds is 4. The Morgan fingerprint density at radius 1 is 0.917 bits per heavy atom. The molecular weight excluding hydrogens is 318 g/mol. The molecule has 0 aliphatic carbocycles. The first-order valence-corrected chi connectivity index (χ1v) is 8.30. The molecule has 116 valence electrons. The molecule has 0 aliphatic heterocycles. The number of hydrogen-bond donors (Lipinski definition) is 1. The number of ether oxygens (including phenoxy) is 1. The highest BCUT2D eigenvalue weighted by Gasteiger charge is 2.12. The van der Waals surface area contributed by atoms with Gasteiger partial charge in [-0.25, -0.2) is 4.98 Å². The smallest absolute Gasteiger partial charge is 0.240 e. The topological polar surface area (TPSA) is 58.9 Å². The van der Waals surface area contributed by atoms with Crippen molar-refractivity contribution in [3.05, 3.63) is 71.6 Å². The Balaban J connectivity index is 1.78. The molecule has 0 saturated heterocycles. The maximum absolute atomic E-state index is 7.26. The third kappa shape index (κ3) is 2.77. The molecule has 0 unspecified atom stereocenters. The van der Waals surface area contributed by atoms with Gasteiger partial charge in [-0.3, -0.25) is 0 Å². The maximum atomic E-state index is 7.26. The molecule has 2 aromatic heterocycles. The monoisotopic (exact) mass is 331 g/mol. The van der Waals surface area contributed by atoms with E-state index in [9.17, 15) is 0 Å². The number of nitrogens with zero attached hydrogens (tertiary/aromatic N) is 2. The lowest BCUT2D eigenvalue weighted by Gasteiger charge is -2.08. The van der Waals surface area contributed by atoms with Crippen LogP contribution >= 0.6 is 11.3 Å². The van der Waals surface area contributed by atoms with Crippen LogP contribution < -0.4 is 4.74 Å². The van der Waals surface area contributed by atoms with Crippen LogP contribution in [0.2, 0.25) is 0 Å². The van der Waals surface area contributed by atoms with Gasteiger partial charge in [-0.15, -0.1) is 11.3 Å². The summed E-state index contributed by atoms with van der Waals surface area (Å²) in [5.74, 6) is 1.89. The van der Waals surface area contributed by atoms with E-state index in [1.54, 1.807) is 11.3 Å². The van der Waals surface area contributed by atoms with Crippen molar-refractivity contribution in [3.63, 3.8) is 0 Å². The molecule has 24 heavy (non-hydrogen) atoms. The van der Waals surface area contributed by atoms with Crippen LogP contribution in [-0.4, -0.2) is 16.2 Å². The van der Waals surface area contributed by atoms with Crippen molar-refractivity contribution in [1.29, 1.82) is 5.41 Å². The van der Waals surface area contributed by atoms with Crippen molar-refractivity contribution in [2.75, 3.05) is 0 Å². The Bertz CT molecular complexity index is 994. The van der Waals surface area contributed by atoms with Gasteiger partial charge in [0.2, 0.25) is 5.88 Å². The minimum atomic E-state index is 0.552. The van der Waals surface area contributed by atoms with Crippen LogP contribution in [0.5, 0.6) is 11.6 Å². The molecule has 0 amide bonds. The number of fused-ring (bicyclic) bond motifs is 1. The summed E-state index contributed by atoms with van der Waals surface area (Å²) in [7, 11) is 0. The molecule has 0 spiro atoms. The van der Waals surface area contributed by atoms with E-state index in [-0.39, 0.29) is 0 Å². The predicted molar refractivity (Wildman–Crippen MR) is 97.3 cm³/mol. The average Bonchev–Trinajstić information content (AvgIpc) is 3.12. The summed E-state index contributed by atoms with van der Waals surface area (Å²) in [6, 6.07) is 19.2.